The molecular weight excluding hydrogens is 521 g/mol. The Kier molecular flexibility index (Phi) is 6.52. The summed E-state index contributed by atoms with van der Waals surface area (Å²) in [6.07, 6.45) is 1.94. The second-order valence-electron chi connectivity index (χ2n) is 7.05. The Morgan fingerprint density at radius 2 is 1.84 bits per heavy atom. The van der Waals surface area contributed by atoms with Crippen LogP contribution in [0.3, 0.4) is 0 Å². The third-order valence-corrected chi connectivity index (χ3v) is 6.50. The Bertz CT molecular complexity index is 1180. The first-order chi connectivity index (χ1) is 14.9. The second kappa shape index (κ2) is 9.32. The number of rotatable bonds is 5. The number of carbonyl (C=O) groups is 1. The van der Waals surface area contributed by atoms with Crippen molar-refractivity contribution >= 4 is 57.2 Å². The van der Waals surface area contributed by atoms with Crippen molar-refractivity contribution in [2.24, 2.45) is 4.99 Å². The molecule has 1 saturated heterocycles. The molecule has 0 atom stereocenters. The van der Waals surface area contributed by atoms with Crippen LogP contribution in [0.5, 0.6) is 5.75 Å². The number of aromatic nitrogens is 1. The van der Waals surface area contributed by atoms with Crippen molar-refractivity contribution < 1.29 is 9.53 Å². The van der Waals surface area contributed by atoms with Gasteiger partial charge in [0.1, 0.15) is 5.75 Å². The van der Waals surface area contributed by atoms with Gasteiger partial charge in [0.2, 0.25) is 0 Å². The normalized spacial score (nSPS) is 16.2. The number of aryl methyl sites for hydroxylation is 1. The van der Waals surface area contributed by atoms with Crippen LogP contribution in [0.2, 0.25) is 0 Å². The number of aliphatic imine (C=N–C) groups is 1. The highest BCUT2D eigenvalue weighted by Crippen LogP contribution is 2.31. The summed E-state index contributed by atoms with van der Waals surface area (Å²) < 4.78 is 8.86. The molecule has 0 bridgehead atoms. The zero-order valence-corrected chi connectivity index (χ0v) is 20.5. The number of amidine groups is 1. The first-order valence-corrected chi connectivity index (χ1v) is 11.8. The lowest BCUT2D eigenvalue weighted by molar-refractivity contribution is -0.115. The molecule has 0 radical (unpaired) electrons. The van der Waals surface area contributed by atoms with Gasteiger partial charge in [-0.1, -0.05) is 0 Å². The molecule has 0 aliphatic carbocycles. The molecule has 2 heterocycles. The number of carbonyl (C=O) groups excluding carboxylic acids is 1. The summed E-state index contributed by atoms with van der Waals surface area (Å²) in [5, 5.41) is 3.43. The fourth-order valence-electron chi connectivity index (χ4n) is 3.44. The van der Waals surface area contributed by atoms with Crippen LogP contribution in [0.1, 0.15) is 23.9 Å². The molecule has 1 fully saturated rings. The lowest BCUT2D eigenvalue weighted by atomic mass is 10.2. The van der Waals surface area contributed by atoms with Crippen LogP contribution in [0.25, 0.3) is 11.8 Å². The predicted molar refractivity (Wildman–Crippen MR) is 136 cm³/mol. The molecule has 1 aromatic heterocycles. The van der Waals surface area contributed by atoms with Crippen LogP contribution in [0.4, 0.5) is 5.69 Å². The number of nitrogens with one attached hydrogen (secondary N) is 1. The summed E-state index contributed by atoms with van der Waals surface area (Å²) in [7, 11) is 0. The molecule has 0 unspecified atom stereocenters. The molecule has 0 saturated carbocycles. The SMILES string of the molecule is CCOc1ccc(N=C2NC(=O)/C(=C\c3cc(C)n(-c4ccc(I)cc4)c3C)S2)cc1. The van der Waals surface area contributed by atoms with E-state index in [-0.39, 0.29) is 5.91 Å². The van der Waals surface area contributed by atoms with Crippen molar-refractivity contribution in [3.8, 4) is 11.4 Å². The standard InChI is InChI=1S/C24H22IN3O2S/c1-4-30-21-11-7-19(8-12-21)26-24-27-23(29)22(31-24)14-17-13-15(2)28(16(17)3)20-9-5-18(25)6-10-20/h5-14H,4H2,1-3H3,(H,26,27,29)/b22-14+. The molecule has 31 heavy (non-hydrogen) atoms. The summed E-state index contributed by atoms with van der Waals surface area (Å²) >= 11 is 3.66. The number of nitrogens with zero attached hydrogens (tertiary/aromatic N) is 2. The van der Waals surface area contributed by atoms with Crippen LogP contribution < -0.4 is 10.1 Å². The number of halogens is 1. The molecule has 2 aromatic carbocycles. The average molecular weight is 543 g/mol. The fraction of sp³-hybridized carbons (Fsp3) is 0.167. The Labute approximate surface area is 199 Å². The first-order valence-electron chi connectivity index (χ1n) is 9.92. The van der Waals surface area contributed by atoms with Gasteiger partial charge in [-0.05, 0) is 121 Å². The van der Waals surface area contributed by atoms with Crippen molar-refractivity contribution in [1.82, 2.24) is 9.88 Å². The minimum Gasteiger partial charge on any atom is -0.494 e. The maximum atomic E-state index is 12.5. The highest BCUT2D eigenvalue weighted by molar-refractivity contribution is 14.1. The molecule has 0 spiro atoms. The second-order valence-corrected chi connectivity index (χ2v) is 9.32. The number of benzene rings is 2. The van der Waals surface area contributed by atoms with Gasteiger partial charge < -0.3 is 14.6 Å². The number of amides is 1. The monoisotopic (exact) mass is 543 g/mol. The van der Waals surface area contributed by atoms with E-state index in [0.29, 0.717) is 16.7 Å². The predicted octanol–water partition coefficient (Wildman–Crippen LogP) is 5.99. The third-order valence-electron chi connectivity index (χ3n) is 4.87. The van der Waals surface area contributed by atoms with Gasteiger partial charge in [0, 0.05) is 20.6 Å². The molecule has 4 rings (SSSR count). The Hall–Kier alpha value is -2.52. The number of hydrogen-bond donors (Lipinski definition) is 1. The summed E-state index contributed by atoms with van der Waals surface area (Å²) in [5.74, 6) is 0.674. The maximum absolute atomic E-state index is 12.5. The van der Waals surface area contributed by atoms with Gasteiger partial charge in [0.25, 0.3) is 5.91 Å². The quantitative estimate of drug-likeness (QED) is 0.318. The van der Waals surface area contributed by atoms with E-state index in [1.807, 2.05) is 37.3 Å². The highest BCUT2D eigenvalue weighted by Gasteiger charge is 2.24. The van der Waals surface area contributed by atoms with E-state index in [0.717, 1.165) is 34.1 Å². The van der Waals surface area contributed by atoms with Crippen molar-refractivity contribution in [2.75, 3.05) is 6.61 Å². The van der Waals surface area contributed by atoms with Crippen molar-refractivity contribution in [2.45, 2.75) is 20.8 Å². The maximum Gasteiger partial charge on any atom is 0.264 e. The summed E-state index contributed by atoms with van der Waals surface area (Å²) in [5.41, 5.74) is 5.12. The first kappa shape index (κ1) is 21.7. The zero-order valence-electron chi connectivity index (χ0n) is 17.5. The molecule has 158 valence electrons. The van der Waals surface area contributed by atoms with E-state index in [9.17, 15) is 4.79 Å². The largest absolute Gasteiger partial charge is 0.494 e. The topological polar surface area (TPSA) is 55.6 Å². The molecule has 3 aromatic rings. The van der Waals surface area contributed by atoms with Crippen molar-refractivity contribution in [3.05, 3.63) is 80.0 Å². The van der Waals surface area contributed by atoms with Crippen LogP contribution in [0, 0.1) is 17.4 Å². The molecule has 1 N–H and O–H groups in total. The van der Waals surface area contributed by atoms with Crippen molar-refractivity contribution in [3.63, 3.8) is 0 Å². The zero-order chi connectivity index (χ0) is 22.0. The molecule has 1 aliphatic rings. The third kappa shape index (κ3) is 4.88. The summed E-state index contributed by atoms with van der Waals surface area (Å²) in [6, 6.07) is 18.0. The van der Waals surface area contributed by atoms with Gasteiger partial charge in [-0.15, -0.1) is 0 Å². The van der Waals surface area contributed by atoms with Crippen molar-refractivity contribution in [1.29, 1.82) is 0 Å². The number of hydrogen-bond acceptors (Lipinski definition) is 4. The molecular formula is C24H22IN3O2S. The van der Waals surface area contributed by atoms with E-state index in [1.165, 1.54) is 15.3 Å². The Balaban J connectivity index is 1.57. The van der Waals surface area contributed by atoms with Gasteiger partial charge in [-0.3, -0.25) is 4.79 Å². The fourth-order valence-corrected chi connectivity index (χ4v) is 4.64. The number of thioether (sulfide) groups is 1. The van der Waals surface area contributed by atoms with Crippen LogP contribution in [-0.4, -0.2) is 22.2 Å². The Morgan fingerprint density at radius 3 is 2.52 bits per heavy atom. The summed E-state index contributed by atoms with van der Waals surface area (Å²) in [6.45, 7) is 6.72. The molecule has 7 heteroatoms. The number of ether oxygens (including phenoxy) is 1. The van der Waals surface area contributed by atoms with E-state index in [2.05, 4.69) is 81.6 Å². The molecule has 5 nitrogen and oxygen atoms in total. The van der Waals surface area contributed by atoms with Gasteiger partial charge >= 0.3 is 0 Å². The smallest absolute Gasteiger partial charge is 0.264 e. The van der Waals surface area contributed by atoms with E-state index < -0.39 is 0 Å². The Morgan fingerprint density at radius 1 is 1.13 bits per heavy atom. The van der Waals surface area contributed by atoms with Crippen LogP contribution in [0.15, 0.2) is 64.5 Å². The van der Waals surface area contributed by atoms with Gasteiger partial charge in [0.15, 0.2) is 5.17 Å². The van der Waals surface area contributed by atoms with Crippen LogP contribution in [-0.2, 0) is 4.79 Å². The molecule has 1 amide bonds. The lowest BCUT2D eigenvalue weighted by Gasteiger charge is -2.09. The van der Waals surface area contributed by atoms with Gasteiger partial charge in [-0.25, -0.2) is 4.99 Å². The highest BCUT2D eigenvalue weighted by atomic mass is 127. The van der Waals surface area contributed by atoms with Gasteiger partial charge in [-0.2, -0.15) is 0 Å². The van der Waals surface area contributed by atoms with Crippen LogP contribution >= 0.6 is 34.4 Å². The summed E-state index contributed by atoms with van der Waals surface area (Å²) in [4.78, 5) is 17.7. The minimum absolute atomic E-state index is 0.131. The van der Waals surface area contributed by atoms with E-state index >= 15 is 0 Å². The van der Waals surface area contributed by atoms with Gasteiger partial charge in [0.05, 0.1) is 17.2 Å². The molecule has 1 aliphatic heterocycles. The van der Waals surface area contributed by atoms with E-state index in [1.54, 1.807) is 0 Å². The average Bonchev–Trinajstić information content (AvgIpc) is 3.23. The van der Waals surface area contributed by atoms with E-state index in [4.69, 9.17) is 4.74 Å². The minimum atomic E-state index is -0.131. The lowest BCUT2D eigenvalue weighted by Crippen LogP contribution is -2.19.